The monoisotopic (exact) mass is 648 g/mol. The van der Waals surface area contributed by atoms with Gasteiger partial charge >= 0.3 is 6.18 Å². The minimum atomic E-state index is -4.64. The fourth-order valence-electron chi connectivity index (χ4n) is 9.12. The van der Waals surface area contributed by atoms with Gasteiger partial charge in [-0.3, -0.25) is 9.98 Å². The lowest BCUT2D eigenvalue weighted by molar-refractivity contribution is -0.143. The van der Waals surface area contributed by atoms with Crippen LogP contribution in [0.4, 0.5) is 13.2 Å². The van der Waals surface area contributed by atoms with Crippen LogP contribution in [-0.4, -0.2) is 49.8 Å². The number of aliphatic imine (C=N–C) groups is 2. The Hall–Kier alpha value is -4.86. The van der Waals surface area contributed by atoms with E-state index in [4.69, 9.17) is 14.4 Å². The summed E-state index contributed by atoms with van der Waals surface area (Å²) in [5, 5.41) is 6.60. The van der Waals surface area contributed by atoms with Crippen molar-refractivity contribution in [3.63, 3.8) is 0 Å². The molecule has 0 aliphatic carbocycles. The number of allylic oxidation sites excluding steroid dienone is 3. The smallest absolute Gasteiger partial charge is 0.435 e. The van der Waals surface area contributed by atoms with E-state index in [1.54, 1.807) is 10.9 Å². The number of alkyl halides is 3. The van der Waals surface area contributed by atoms with Crippen LogP contribution in [0.5, 0.6) is 0 Å². The number of unbranched alkanes of at least 4 members (excludes halogenated alkanes) is 1. The molecule has 4 aromatic rings. The molecule has 48 heavy (non-hydrogen) atoms. The first-order chi connectivity index (χ1) is 23.3. The number of aromatic nitrogens is 2. The number of rotatable bonds is 5. The molecule has 2 aromatic carbocycles. The highest BCUT2D eigenvalue weighted by Gasteiger charge is 2.69. The van der Waals surface area contributed by atoms with Gasteiger partial charge in [-0.15, -0.1) is 0 Å². The quantitative estimate of drug-likeness (QED) is 0.217. The van der Waals surface area contributed by atoms with Crippen molar-refractivity contribution < 1.29 is 17.6 Å². The molecule has 7 nitrogen and oxygen atoms in total. The molecular formula is C38H35F3N6O. The summed E-state index contributed by atoms with van der Waals surface area (Å²) < 4.78 is 52.5. The van der Waals surface area contributed by atoms with Crippen LogP contribution in [0.25, 0.3) is 33.3 Å². The minimum absolute atomic E-state index is 0.419. The number of aryl methyl sites for hydroxylation is 1. The summed E-state index contributed by atoms with van der Waals surface area (Å²) in [5.41, 5.74) is 4.14. The number of fused-ring (bicyclic) bond motifs is 15. The number of furan rings is 1. The minimum Gasteiger partial charge on any atom is -0.455 e. The second-order valence-corrected chi connectivity index (χ2v) is 13.2. The maximum absolute atomic E-state index is 14.7. The molecule has 9 rings (SSSR count). The van der Waals surface area contributed by atoms with E-state index in [1.807, 2.05) is 42.6 Å². The molecule has 0 amide bonds. The van der Waals surface area contributed by atoms with Gasteiger partial charge in [0.15, 0.2) is 17.5 Å². The normalized spacial score (nSPS) is 23.2. The summed E-state index contributed by atoms with van der Waals surface area (Å²) in [4.78, 5) is 14.4. The average Bonchev–Trinajstić information content (AvgIpc) is 3.80. The Balaban J connectivity index is 1.46. The van der Waals surface area contributed by atoms with Crippen molar-refractivity contribution >= 4 is 45.3 Å². The van der Waals surface area contributed by atoms with Crippen molar-refractivity contribution in [3.8, 4) is 0 Å². The Morgan fingerprint density at radius 3 is 2.69 bits per heavy atom. The highest BCUT2D eigenvalue weighted by molar-refractivity contribution is 6.13. The Labute approximate surface area is 276 Å². The van der Waals surface area contributed by atoms with Crippen molar-refractivity contribution in [2.45, 2.75) is 76.4 Å². The molecule has 1 spiro atoms. The van der Waals surface area contributed by atoms with E-state index in [0.29, 0.717) is 30.7 Å². The zero-order valence-corrected chi connectivity index (χ0v) is 27.1. The van der Waals surface area contributed by atoms with E-state index in [0.717, 1.165) is 63.9 Å². The van der Waals surface area contributed by atoms with E-state index < -0.39 is 29.2 Å². The molecule has 2 unspecified atom stereocenters. The summed E-state index contributed by atoms with van der Waals surface area (Å²) in [6, 6.07) is 11.6. The molecule has 0 fully saturated rings. The van der Waals surface area contributed by atoms with Crippen LogP contribution in [0.3, 0.4) is 0 Å². The topological polar surface area (TPSA) is 62.2 Å². The highest BCUT2D eigenvalue weighted by Crippen LogP contribution is 2.63. The summed E-state index contributed by atoms with van der Waals surface area (Å²) >= 11 is 0. The zero-order valence-electron chi connectivity index (χ0n) is 27.1. The van der Waals surface area contributed by atoms with Gasteiger partial charge in [0.25, 0.3) is 0 Å². The summed E-state index contributed by atoms with van der Waals surface area (Å²) in [6.45, 7) is 6.99. The summed E-state index contributed by atoms with van der Waals surface area (Å²) in [7, 11) is 0. The van der Waals surface area contributed by atoms with Crippen LogP contribution < -0.4 is 0 Å². The van der Waals surface area contributed by atoms with Gasteiger partial charge in [0, 0.05) is 29.1 Å². The number of dihydropyridines is 1. The van der Waals surface area contributed by atoms with Crippen molar-refractivity contribution in [1.29, 1.82) is 0 Å². The van der Waals surface area contributed by atoms with Crippen LogP contribution in [0.15, 0.2) is 87.4 Å². The molecule has 5 aliphatic heterocycles. The third-order valence-corrected chi connectivity index (χ3v) is 11.1. The highest BCUT2D eigenvalue weighted by atomic mass is 19.4. The van der Waals surface area contributed by atoms with Crippen LogP contribution in [-0.2, 0) is 18.3 Å². The van der Waals surface area contributed by atoms with Gasteiger partial charge in [-0.1, -0.05) is 57.5 Å². The van der Waals surface area contributed by atoms with Crippen LogP contribution in [0, 0.1) is 0 Å². The Morgan fingerprint density at radius 1 is 1.04 bits per heavy atom. The van der Waals surface area contributed by atoms with Crippen molar-refractivity contribution in [1.82, 2.24) is 19.6 Å². The molecule has 0 saturated carbocycles. The number of hydrogen-bond donors (Lipinski definition) is 0. The SMILES string of the molecule is CCCCc1cccc2oc3c4c(ccc3c12)C1(N2C4=CN=C3C=CC=NC32)n2nc(C(F)(F)F)cc2C2=CC=CCN2C1(CC)CC. The van der Waals surface area contributed by atoms with Gasteiger partial charge in [0.05, 0.1) is 40.1 Å². The lowest BCUT2D eigenvalue weighted by atomic mass is 9.70. The lowest BCUT2D eigenvalue weighted by Crippen LogP contribution is -2.74. The molecule has 0 bridgehead atoms. The van der Waals surface area contributed by atoms with Gasteiger partial charge in [0.1, 0.15) is 11.2 Å². The van der Waals surface area contributed by atoms with Gasteiger partial charge in [-0.05, 0) is 67.7 Å². The Kier molecular flexibility index (Phi) is 6.15. The van der Waals surface area contributed by atoms with Crippen molar-refractivity contribution in [3.05, 3.63) is 101 Å². The molecule has 0 N–H and O–H groups in total. The first-order valence-corrected chi connectivity index (χ1v) is 16.9. The van der Waals surface area contributed by atoms with Gasteiger partial charge in [0.2, 0.25) is 0 Å². The third kappa shape index (κ3) is 3.47. The molecule has 2 atom stereocenters. The molecular weight excluding hydrogens is 613 g/mol. The molecule has 5 aliphatic rings. The zero-order chi connectivity index (χ0) is 33.0. The maximum atomic E-state index is 14.7. The van der Waals surface area contributed by atoms with Crippen molar-refractivity contribution in [2.24, 2.45) is 9.98 Å². The molecule has 10 heteroatoms. The largest absolute Gasteiger partial charge is 0.455 e. The first-order valence-electron chi connectivity index (χ1n) is 16.9. The standard InChI is InChI=1S/C38H35F3N6O/c1-4-7-12-23-13-10-16-30-32(23)24-17-18-25-33(34(24)48-30)29-22-43-26-14-11-19-42-35(26)46(29)37(25)36(5-2,6-3)45-20-9-8-15-27(45)28-21-31(38(39,40)41)44-47(28)37/h8-11,13-19,21-22,35H,4-7,12,20H2,1-3H3. The molecule has 0 radical (unpaired) electrons. The van der Waals surface area contributed by atoms with E-state index in [2.05, 4.69) is 59.9 Å². The van der Waals surface area contributed by atoms with Crippen molar-refractivity contribution in [2.75, 3.05) is 6.54 Å². The van der Waals surface area contributed by atoms with Crippen LogP contribution in [0.1, 0.15) is 74.5 Å². The predicted molar refractivity (Wildman–Crippen MR) is 182 cm³/mol. The summed E-state index contributed by atoms with van der Waals surface area (Å²) in [6.07, 6.45) is 12.4. The van der Waals surface area contributed by atoms with E-state index in [1.165, 1.54) is 11.6 Å². The van der Waals surface area contributed by atoms with Gasteiger partial charge in [-0.2, -0.15) is 18.3 Å². The number of benzene rings is 2. The fraction of sp³-hybridized carbons (Fsp3) is 0.342. The molecule has 7 heterocycles. The van der Waals surface area contributed by atoms with Crippen LogP contribution >= 0.6 is 0 Å². The molecule has 244 valence electrons. The van der Waals surface area contributed by atoms with E-state index >= 15 is 0 Å². The van der Waals surface area contributed by atoms with Crippen LogP contribution in [0.2, 0.25) is 0 Å². The molecule has 0 saturated heterocycles. The van der Waals surface area contributed by atoms with Gasteiger partial charge in [-0.25, -0.2) is 4.68 Å². The Morgan fingerprint density at radius 2 is 1.90 bits per heavy atom. The fourth-order valence-corrected chi connectivity index (χ4v) is 9.12. The maximum Gasteiger partial charge on any atom is 0.435 e. The van der Waals surface area contributed by atoms with E-state index in [-0.39, 0.29) is 0 Å². The third-order valence-electron chi connectivity index (χ3n) is 11.1. The predicted octanol–water partition coefficient (Wildman–Crippen LogP) is 8.67. The number of nitrogens with zero attached hydrogens (tertiary/aromatic N) is 6. The Bertz CT molecular complexity index is 2210. The lowest BCUT2D eigenvalue weighted by Gasteiger charge is -2.63. The number of hydrogen-bond acceptors (Lipinski definition) is 6. The first kappa shape index (κ1) is 29.3. The molecule has 2 aromatic heterocycles. The van der Waals surface area contributed by atoms with E-state index in [9.17, 15) is 13.2 Å². The second kappa shape index (κ2) is 10.1. The van der Waals surface area contributed by atoms with Gasteiger partial charge < -0.3 is 14.2 Å². The summed E-state index contributed by atoms with van der Waals surface area (Å²) in [5.74, 6) is 0. The number of halogens is 3. The second-order valence-electron chi connectivity index (χ2n) is 13.2. The average molecular weight is 649 g/mol.